The van der Waals surface area contributed by atoms with Gasteiger partial charge >= 0.3 is 0 Å². The normalized spacial score (nSPS) is 10.7. The largest absolute Gasteiger partial charge is 0.334 e. The van der Waals surface area contributed by atoms with E-state index < -0.39 is 0 Å². The van der Waals surface area contributed by atoms with Crippen molar-refractivity contribution in [3.05, 3.63) is 21.3 Å². The van der Waals surface area contributed by atoms with E-state index in [0.29, 0.717) is 21.6 Å². The summed E-state index contributed by atoms with van der Waals surface area (Å²) < 4.78 is 0.632. The Bertz CT molecular complexity index is 338. The van der Waals surface area contributed by atoms with Crippen LogP contribution < -0.4 is 0 Å². The van der Waals surface area contributed by atoms with E-state index in [-0.39, 0.29) is 11.9 Å². The van der Waals surface area contributed by atoms with Crippen molar-refractivity contribution in [2.24, 2.45) is 0 Å². The van der Waals surface area contributed by atoms with Gasteiger partial charge in [0.25, 0.3) is 5.91 Å². The van der Waals surface area contributed by atoms with Crippen LogP contribution in [0.15, 0.2) is 12.1 Å². The van der Waals surface area contributed by atoms with Crippen molar-refractivity contribution >= 4 is 40.4 Å². The molecule has 0 aliphatic carbocycles. The molecule has 0 saturated heterocycles. The van der Waals surface area contributed by atoms with Crippen molar-refractivity contribution in [2.45, 2.75) is 19.9 Å². The molecule has 1 amide bonds. The fourth-order valence-electron chi connectivity index (χ4n) is 1.26. The minimum Gasteiger partial charge on any atom is -0.334 e. The Morgan fingerprint density at radius 2 is 2.20 bits per heavy atom. The fourth-order valence-corrected chi connectivity index (χ4v) is 2.44. The Labute approximate surface area is 104 Å². The molecule has 1 aromatic heterocycles. The lowest BCUT2D eigenvalue weighted by Gasteiger charge is -2.25. The highest BCUT2D eigenvalue weighted by molar-refractivity contribution is 7.17. The minimum atomic E-state index is 0.00236. The van der Waals surface area contributed by atoms with Crippen LogP contribution in [0.1, 0.15) is 23.5 Å². The Kier molecular flexibility index (Phi) is 4.90. The number of carbonyl (C=O) groups excluding carboxylic acids is 1. The standard InChI is InChI=1S/C10H13Cl2NOS/c1-7(2)13(6-5-11)10(14)8-3-4-9(12)15-8/h3-4,7H,5-6H2,1-2H3. The van der Waals surface area contributed by atoms with Crippen LogP contribution >= 0.6 is 34.5 Å². The molecule has 0 aromatic carbocycles. The molecule has 84 valence electrons. The zero-order valence-corrected chi connectivity index (χ0v) is 11.0. The van der Waals surface area contributed by atoms with Gasteiger partial charge in [0.1, 0.15) is 0 Å². The molecule has 1 aromatic rings. The van der Waals surface area contributed by atoms with Crippen LogP contribution in [0, 0.1) is 0 Å². The average molecular weight is 266 g/mol. The molecule has 1 rings (SSSR count). The molecule has 0 aliphatic rings. The Balaban J connectivity index is 2.80. The predicted molar refractivity (Wildman–Crippen MR) is 66.2 cm³/mol. The van der Waals surface area contributed by atoms with Gasteiger partial charge in [0.15, 0.2) is 0 Å². The molecular weight excluding hydrogens is 253 g/mol. The molecule has 0 bridgehead atoms. The molecule has 0 atom stereocenters. The molecule has 5 heteroatoms. The molecule has 0 saturated carbocycles. The fraction of sp³-hybridized carbons (Fsp3) is 0.500. The van der Waals surface area contributed by atoms with Crippen LogP contribution in [0.2, 0.25) is 4.34 Å². The van der Waals surface area contributed by atoms with Gasteiger partial charge in [0.05, 0.1) is 9.21 Å². The van der Waals surface area contributed by atoms with E-state index >= 15 is 0 Å². The summed E-state index contributed by atoms with van der Waals surface area (Å²) in [5.41, 5.74) is 0. The lowest BCUT2D eigenvalue weighted by Crippen LogP contribution is -2.37. The third-order valence-electron chi connectivity index (χ3n) is 1.99. The number of nitrogens with zero attached hydrogens (tertiary/aromatic N) is 1. The Hall–Kier alpha value is -0.250. The summed E-state index contributed by atoms with van der Waals surface area (Å²) >= 11 is 12.7. The summed E-state index contributed by atoms with van der Waals surface area (Å²) in [6, 6.07) is 3.63. The van der Waals surface area contributed by atoms with Crippen LogP contribution in [0.4, 0.5) is 0 Å². The van der Waals surface area contributed by atoms with Gasteiger partial charge in [-0.3, -0.25) is 4.79 Å². The zero-order chi connectivity index (χ0) is 11.4. The molecule has 0 aliphatic heterocycles. The minimum absolute atomic E-state index is 0.00236. The maximum atomic E-state index is 12.0. The van der Waals surface area contributed by atoms with E-state index in [2.05, 4.69) is 0 Å². The van der Waals surface area contributed by atoms with Crippen LogP contribution in [-0.2, 0) is 0 Å². The second kappa shape index (κ2) is 5.73. The van der Waals surface area contributed by atoms with E-state index in [4.69, 9.17) is 23.2 Å². The molecule has 0 radical (unpaired) electrons. The van der Waals surface area contributed by atoms with Crippen molar-refractivity contribution in [1.29, 1.82) is 0 Å². The lowest BCUT2D eigenvalue weighted by molar-refractivity contribution is 0.0723. The van der Waals surface area contributed by atoms with Gasteiger partial charge in [-0.1, -0.05) is 11.6 Å². The summed E-state index contributed by atoms with van der Waals surface area (Å²) in [4.78, 5) is 14.4. The number of carbonyl (C=O) groups is 1. The van der Waals surface area contributed by atoms with Crippen molar-refractivity contribution in [1.82, 2.24) is 4.90 Å². The number of amides is 1. The van der Waals surface area contributed by atoms with Crippen LogP contribution in [0.25, 0.3) is 0 Å². The van der Waals surface area contributed by atoms with Crippen LogP contribution in [-0.4, -0.2) is 29.3 Å². The molecular formula is C10H13Cl2NOS. The van der Waals surface area contributed by atoms with Crippen molar-refractivity contribution in [2.75, 3.05) is 12.4 Å². The average Bonchev–Trinajstić information content (AvgIpc) is 2.59. The van der Waals surface area contributed by atoms with E-state index in [1.165, 1.54) is 11.3 Å². The molecule has 0 spiro atoms. The first kappa shape index (κ1) is 12.8. The summed E-state index contributed by atoms with van der Waals surface area (Å²) in [7, 11) is 0. The number of alkyl halides is 1. The SMILES string of the molecule is CC(C)N(CCCl)C(=O)c1ccc(Cl)s1. The van der Waals surface area contributed by atoms with Crippen molar-refractivity contribution in [3.8, 4) is 0 Å². The monoisotopic (exact) mass is 265 g/mol. The molecule has 15 heavy (non-hydrogen) atoms. The predicted octanol–water partition coefficient (Wildman–Crippen LogP) is 3.49. The second-order valence-electron chi connectivity index (χ2n) is 3.39. The summed E-state index contributed by atoms with van der Waals surface area (Å²) in [5.74, 6) is 0.450. The highest BCUT2D eigenvalue weighted by Crippen LogP contribution is 2.23. The summed E-state index contributed by atoms with van der Waals surface area (Å²) in [6.07, 6.45) is 0. The molecule has 2 nitrogen and oxygen atoms in total. The maximum absolute atomic E-state index is 12.0. The van der Waals surface area contributed by atoms with Gasteiger partial charge in [-0.05, 0) is 26.0 Å². The van der Waals surface area contributed by atoms with Crippen LogP contribution in [0.3, 0.4) is 0 Å². The van der Waals surface area contributed by atoms with Gasteiger partial charge in [-0.25, -0.2) is 0 Å². The van der Waals surface area contributed by atoms with E-state index in [1.54, 1.807) is 17.0 Å². The quantitative estimate of drug-likeness (QED) is 0.764. The number of rotatable bonds is 4. The number of halogens is 2. The number of thiophene rings is 1. The van der Waals surface area contributed by atoms with Gasteiger partial charge in [-0.15, -0.1) is 22.9 Å². The Morgan fingerprint density at radius 3 is 2.60 bits per heavy atom. The third kappa shape index (κ3) is 3.37. The summed E-state index contributed by atoms with van der Waals surface area (Å²) in [5, 5.41) is 0. The van der Waals surface area contributed by atoms with E-state index in [9.17, 15) is 4.79 Å². The lowest BCUT2D eigenvalue weighted by atomic mass is 10.3. The second-order valence-corrected chi connectivity index (χ2v) is 5.48. The zero-order valence-electron chi connectivity index (χ0n) is 8.67. The highest BCUT2D eigenvalue weighted by atomic mass is 35.5. The van der Waals surface area contributed by atoms with Crippen molar-refractivity contribution < 1.29 is 4.79 Å². The first-order valence-corrected chi connectivity index (χ1v) is 6.41. The highest BCUT2D eigenvalue weighted by Gasteiger charge is 2.19. The summed E-state index contributed by atoms with van der Waals surface area (Å²) in [6.45, 7) is 4.51. The number of hydrogen-bond donors (Lipinski definition) is 0. The molecule has 0 unspecified atom stereocenters. The first-order chi connectivity index (χ1) is 7.06. The molecule has 0 fully saturated rings. The van der Waals surface area contributed by atoms with Gasteiger partial charge in [0, 0.05) is 18.5 Å². The molecule has 1 heterocycles. The molecule has 0 N–H and O–H groups in total. The van der Waals surface area contributed by atoms with Gasteiger partial charge < -0.3 is 4.90 Å². The maximum Gasteiger partial charge on any atom is 0.264 e. The topological polar surface area (TPSA) is 20.3 Å². The smallest absolute Gasteiger partial charge is 0.264 e. The van der Waals surface area contributed by atoms with E-state index in [0.717, 1.165) is 0 Å². The Morgan fingerprint density at radius 1 is 1.53 bits per heavy atom. The van der Waals surface area contributed by atoms with Gasteiger partial charge in [0.2, 0.25) is 0 Å². The van der Waals surface area contributed by atoms with Crippen LogP contribution in [0.5, 0.6) is 0 Å². The van der Waals surface area contributed by atoms with Gasteiger partial charge in [-0.2, -0.15) is 0 Å². The third-order valence-corrected chi connectivity index (χ3v) is 3.38. The van der Waals surface area contributed by atoms with E-state index in [1.807, 2.05) is 13.8 Å². The number of hydrogen-bond acceptors (Lipinski definition) is 2. The first-order valence-electron chi connectivity index (χ1n) is 4.68. The van der Waals surface area contributed by atoms with Crippen molar-refractivity contribution in [3.63, 3.8) is 0 Å².